The number of thioether (sulfide) groups is 1. The molecule has 6 heteroatoms. The van der Waals surface area contributed by atoms with Gasteiger partial charge in [0.1, 0.15) is 0 Å². The second kappa shape index (κ2) is 3.56. The summed E-state index contributed by atoms with van der Waals surface area (Å²) in [6, 6.07) is 0.0439. The van der Waals surface area contributed by atoms with Crippen LogP contribution in [0.2, 0.25) is 0 Å². The maximum absolute atomic E-state index is 10.2. The molecular formula is C5H8N2O3S. The molecule has 1 aliphatic rings. The normalized spacial score (nSPS) is 30.1. The van der Waals surface area contributed by atoms with Crippen molar-refractivity contribution in [2.45, 2.75) is 18.5 Å². The van der Waals surface area contributed by atoms with Crippen LogP contribution in [-0.2, 0) is 9.53 Å². The molecule has 1 heterocycles. The number of nitroso groups, excluding NO2 is 1. The Bertz CT molecular complexity index is 166. The highest BCUT2D eigenvalue weighted by atomic mass is 32.2. The highest BCUT2D eigenvalue weighted by molar-refractivity contribution is 8.00. The van der Waals surface area contributed by atoms with Crippen LogP contribution in [0.5, 0.6) is 0 Å². The van der Waals surface area contributed by atoms with Gasteiger partial charge >= 0.3 is 0 Å². The number of hydrogen-bond donors (Lipinski definition) is 0. The van der Waals surface area contributed by atoms with Gasteiger partial charge in [0.15, 0.2) is 0 Å². The van der Waals surface area contributed by atoms with Gasteiger partial charge < -0.3 is 4.74 Å². The third kappa shape index (κ3) is 1.62. The lowest BCUT2D eigenvalue weighted by Gasteiger charge is -2.17. The molecule has 0 amide bonds. The first-order valence-electron chi connectivity index (χ1n) is 3.12. The predicted octanol–water partition coefficient (Wildman–Crippen LogP) is 0.562. The van der Waals surface area contributed by atoms with E-state index in [4.69, 9.17) is 0 Å². The van der Waals surface area contributed by atoms with Crippen molar-refractivity contribution in [2.24, 2.45) is 5.29 Å². The van der Waals surface area contributed by atoms with Crippen molar-refractivity contribution in [2.75, 3.05) is 5.75 Å². The van der Waals surface area contributed by atoms with Crippen molar-refractivity contribution in [1.29, 1.82) is 0 Å². The third-order valence-corrected chi connectivity index (χ3v) is 2.70. The molecule has 0 radical (unpaired) electrons. The van der Waals surface area contributed by atoms with Crippen molar-refractivity contribution >= 4 is 18.2 Å². The molecule has 0 N–H and O–H groups in total. The minimum Gasteiger partial charge on any atom is -0.432 e. The molecule has 0 bridgehead atoms. The van der Waals surface area contributed by atoms with Crippen molar-refractivity contribution in [3.63, 3.8) is 0 Å². The van der Waals surface area contributed by atoms with Crippen molar-refractivity contribution in [3.8, 4) is 0 Å². The van der Waals surface area contributed by atoms with Gasteiger partial charge in [-0.15, -0.1) is 4.91 Å². The van der Waals surface area contributed by atoms with Gasteiger partial charge in [-0.05, 0) is 6.92 Å². The van der Waals surface area contributed by atoms with Gasteiger partial charge in [0.2, 0.25) is 5.56 Å². The summed E-state index contributed by atoms with van der Waals surface area (Å²) in [5.41, 5.74) is -0.528. The molecule has 0 spiro atoms. The van der Waals surface area contributed by atoms with Gasteiger partial charge in [0.25, 0.3) is 6.47 Å². The molecule has 11 heavy (non-hydrogen) atoms. The SMILES string of the molecule is CC1CSC(OC=O)N1N=O. The van der Waals surface area contributed by atoms with E-state index in [1.807, 2.05) is 6.92 Å². The summed E-state index contributed by atoms with van der Waals surface area (Å²) < 4.78 is 4.59. The molecule has 1 saturated heterocycles. The molecule has 0 aromatic rings. The van der Waals surface area contributed by atoms with Crippen LogP contribution in [-0.4, -0.2) is 28.8 Å². The summed E-state index contributed by atoms with van der Waals surface area (Å²) in [6.45, 7) is 2.18. The Morgan fingerprint density at radius 2 is 2.55 bits per heavy atom. The molecule has 2 atom stereocenters. The number of carbonyl (C=O) groups is 1. The van der Waals surface area contributed by atoms with Gasteiger partial charge in [0.05, 0.1) is 11.3 Å². The Labute approximate surface area is 68.0 Å². The smallest absolute Gasteiger partial charge is 0.295 e. The summed E-state index contributed by atoms with van der Waals surface area (Å²) in [5.74, 6) is 0.754. The van der Waals surface area contributed by atoms with E-state index in [1.54, 1.807) is 0 Å². The van der Waals surface area contributed by atoms with Crippen LogP contribution in [0.15, 0.2) is 5.29 Å². The molecular weight excluding hydrogens is 168 g/mol. The molecule has 1 rings (SSSR count). The number of carbonyl (C=O) groups excluding carboxylic acids is 1. The van der Waals surface area contributed by atoms with Gasteiger partial charge in [0, 0.05) is 5.75 Å². The highest BCUT2D eigenvalue weighted by Crippen LogP contribution is 2.28. The lowest BCUT2D eigenvalue weighted by Crippen LogP contribution is -2.30. The van der Waals surface area contributed by atoms with Crippen molar-refractivity contribution < 1.29 is 9.53 Å². The number of ether oxygens (including phenoxy) is 1. The first-order chi connectivity index (χ1) is 5.29. The Hall–Kier alpha value is -0.780. The van der Waals surface area contributed by atoms with E-state index in [0.717, 1.165) is 5.75 Å². The Balaban J connectivity index is 2.53. The standard InChI is InChI=1S/C5H8N2O3S/c1-4-2-11-5(10-3-8)7(4)6-9/h3-5H,2H2,1H3. The zero-order chi connectivity index (χ0) is 8.27. The quantitative estimate of drug-likeness (QED) is 0.464. The number of hydrogen-bond acceptors (Lipinski definition) is 5. The summed E-state index contributed by atoms with van der Waals surface area (Å²) >= 11 is 1.39. The van der Waals surface area contributed by atoms with E-state index in [-0.39, 0.29) is 6.04 Å². The third-order valence-electron chi connectivity index (χ3n) is 1.41. The maximum Gasteiger partial charge on any atom is 0.295 e. The summed E-state index contributed by atoms with van der Waals surface area (Å²) in [4.78, 5) is 20.1. The van der Waals surface area contributed by atoms with Crippen LogP contribution in [0.4, 0.5) is 0 Å². The summed E-state index contributed by atoms with van der Waals surface area (Å²) in [6.07, 6.45) is 0. The minimum absolute atomic E-state index is 0.0439. The van der Waals surface area contributed by atoms with E-state index in [2.05, 4.69) is 10.0 Å². The van der Waals surface area contributed by atoms with Gasteiger partial charge in [-0.3, -0.25) is 4.79 Å². The first-order valence-corrected chi connectivity index (χ1v) is 4.16. The van der Waals surface area contributed by atoms with E-state index in [1.165, 1.54) is 16.8 Å². The summed E-state index contributed by atoms with van der Waals surface area (Å²) in [7, 11) is 0. The average molecular weight is 176 g/mol. The Morgan fingerprint density at radius 1 is 1.82 bits per heavy atom. The lowest BCUT2D eigenvalue weighted by atomic mass is 10.4. The zero-order valence-electron chi connectivity index (χ0n) is 5.97. The largest absolute Gasteiger partial charge is 0.432 e. The Kier molecular flexibility index (Phi) is 2.70. The maximum atomic E-state index is 10.2. The molecule has 5 nitrogen and oxygen atoms in total. The minimum atomic E-state index is -0.528. The molecule has 0 aromatic heterocycles. The molecule has 1 aliphatic heterocycles. The fourth-order valence-electron chi connectivity index (χ4n) is 0.850. The second-order valence-corrected chi connectivity index (χ2v) is 3.25. The van der Waals surface area contributed by atoms with Crippen LogP contribution >= 0.6 is 11.8 Å². The topological polar surface area (TPSA) is 59.0 Å². The zero-order valence-corrected chi connectivity index (χ0v) is 6.78. The van der Waals surface area contributed by atoms with Crippen LogP contribution in [0, 0.1) is 4.91 Å². The monoisotopic (exact) mass is 176 g/mol. The number of nitrogens with zero attached hydrogens (tertiary/aromatic N) is 2. The van der Waals surface area contributed by atoms with E-state index < -0.39 is 5.56 Å². The second-order valence-electron chi connectivity index (χ2n) is 2.18. The number of rotatable bonds is 3. The van der Waals surface area contributed by atoms with Crippen molar-refractivity contribution in [3.05, 3.63) is 4.91 Å². The molecule has 2 unspecified atom stereocenters. The van der Waals surface area contributed by atoms with Crippen molar-refractivity contribution in [1.82, 2.24) is 5.01 Å². The van der Waals surface area contributed by atoms with Gasteiger partial charge in [-0.1, -0.05) is 11.8 Å². The highest BCUT2D eigenvalue weighted by Gasteiger charge is 2.32. The average Bonchev–Trinajstić information content (AvgIpc) is 2.33. The molecule has 0 saturated carbocycles. The van der Waals surface area contributed by atoms with Crippen LogP contribution < -0.4 is 0 Å². The van der Waals surface area contributed by atoms with Crippen LogP contribution in [0.1, 0.15) is 6.92 Å². The molecule has 1 fully saturated rings. The summed E-state index contributed by atoms with van der Waals surface area (Å²) in [5, 5.41) is 3.98. The van der Waals surface area contributed by atoms with Crippen LogP contribution in [0.3, 0.4) is 0 Å². The van der Waals surface area contributed by atoms with E-state index >= 15 is 0 Å². The van der Waals surface area contributed by atoms with Gasteiger partial charge in [-0.2, -0.15) is 0 Å². The fourth-order valence-corrected chi connectivity index (χ4v) is 1.97. The molecule has 0 aliphatic carbocycles. The van der Waals surface area contributed by atoms with E-state index in [9.17, 15) is 9.70 Å². The van der Waals surface area contributed by atoms with Crippen LogP contribution in [0.25, 0.3) is 0 Å². The first kappa shape index (κ1) is 8.32. The lowest BCUT2D eigenvalue weighted by molar-refractivity contribution is -0.136. The van der Waals surface area contributed by atoms with E-state index in [0.29, 0.717) is 6.47 Å². The predicted molar refractivity (Wildman–Crippen MR) is 40.5 cm³/mol. The van der Waals surface area contributed by atoms with Gasteiger partial charge in [-0.25, -0.2) is 5.01 Å². The molecule has 0 aromatic carbocycles. The Morgan fingerprint density at radius 3 is 3.09 bits per heavy atom. The fraction of sp³-hybridized carbons (Fsp3) is 0.800. The molecule has 62 valence electrons.